The van der Waals surface area contributed by atoms with Gasteiger partial charge in [0, 0.05) is 17.2 Å². The van der Waals surface area contributed by atoms with Crippen molar-refractivity contribution in [1.82, 2.24) is 0 Å². The van der Waals surface area contributed by atoms with E-state index in [0.29, 0.717) is 33.9 Å². The monoisotopic (exact) mass is 398 g/mol. The minimum absolute atomic E-state index is 0.0203. The molecule has 2 aromatic rings. The van der Waals surface area contributed by atoms with Crippen LogP contribution in [-0.4, -0.2) is 38.1 Å². The molecule has 150 valence electrons. The molecule has 0 spiro atoms. The van der Waals surface area contributed by atoms with Crippen molar-refractivity contribution in [2.45, 2.75) is 6.92 Å². The third kappa shape index (κ3) is 3.88. The van der Waals surface area contributed by atoms with Crippen LogP contribution >= 0.6 is 0 Å². The molecule has 0 amide bonds. The molecule has 0 aliphatic carbocycles. The Hall–Kier alpha value is -3.88. The first kappa shape index (κ1) is 19.9. The van der Waals surface area contributed by atoms with E-state index in [1.54, 1.807) is 31.2 Å². The van der Waals surface area contributed by atoms with Crippen LogP contribution in [0.25, 0.3) is 6.08 Å². The number of esters is 1. The van der Waals surface area contributed by atoms with E-state index < -0.39 is 10.9 Å². The average Bonchev–Trinajstić information content (AvgIpc) is 3.08. The predicted molar refractivity (Wildman–Crippen MR) is 105 cm³/mol. The smallest absolute Gasteiger partial charge is 0.363 e. The number of rotatable bonds is 6. The quantitative estimate of drug-likeness (QED) is 0.318. The summed E-state index contributed by atoms with van der Waals surface area (Å²) in [5, 5.41) is 11.1. The van der Waals surface area contributed by atoms with Gasteiger partial charge >= 0.3 is 5.97 Å². The van der Waals surface area contributed by atoms with Gasteiger partial charge in [-0.3, -0.25) is 10.1 Å². The molecular weight excluding hydrogens is 380 g/mol. The number of carbonyl (C=O) groups excluding carboxylic acids is 1. The number of benzene rings is 2. The molecule has 9 nitrogen and oxygen atoms in total. The standard InChI is InChI=1S/C20H18N2O7/c1-11-5-6-12(8-15(11)22(24)25)7-14-20(23)29-19(21-14)13-9-16(26-2)18(28-4)17(10-13)27-3/h5-10H,1-4H3. The van der Waals surface area contributed by atoms with Gasteiger partial charge in [0.25, 0.3) is 5.69 Å². The van der Waals surface area contributed by atoms with E-state index in [0.717, 1.165) is 0 Å². The second-order valence-electron chi connectivity index (χ2n) is 6.05. The van der Waals surface area contributed by atoms with Gasteiger partial charge in [-0.05, 0) is 30.7 Å². The fraction of sp³-hybridized carbons (Fsp3) is 0.200. The first-order chi connectivity index (χ1) is 13.9. The molecule has 2 aromatic carbocycles. The van der Waals surface area contributed by atoms with Crippen LogP contribution in [0, 0.1) is 17.0 Å². The normalized spacial score (nSPS) is 14.4. The molecule has 0 unspecified atom stereocenters. The van der Waals surface area contributed by atoms with Crippen LogP contribution in [0.3, 0.4) is 0 Å². The van der Waals surface area contributed by atoms with Crippen molar-refractivity contribution in [2.24, 2.45) is 4.99 Å². The van der Waals surface area contributed by atoms with Gasteiger partial charge in [0.05, 0.1) is 26.3 Å². The highest BCUT2D eigenvalue weighted by Gasteiger charge is 2.26. The highest BCUT2D eigenvalue weighted by Crippen LogP contribution is 2.39. The lowest BCUT2D eigenvalue weighted by atomic mass is 10.1. The Kier molecular flexibility index (Phi) is 5.49. The summed E-state index contributed by atoms with van der Waals surface area (Å²) in [7, 11) is 4.42. The largest absolute Gasteiger partial charge is 0.493 e. The van der Waals surface area contributed by atoms with Crippen molar-refractivity contribution in [3.8, 4) is 17.2 Å². The van der Waals surface area contributed by atoms with Crippen LogP contribution in [0.2, 0.25) is 0 Å². The van der Waals surface area contributed by atoms with Crippen LogP contribution in [0.15, 0.2) is 41.0 Å². The Morgan fingerprint density at radius 1 is 1.07 bits per heavy atom. The number of carbonyl (C=O) groups is 1. The summed E-state index contributed by atoms with van der Waals surface area (Å²) < 4.78 is 21.1. The van der Waals surface area contributed by atoms with Gasteiger partial charge in [0.15, 0.2) is 17.2 Å². The van der Waals surface area contributed by atoms with Gasteiger partial charge in [-0.1, -0.05) is 12.1 Å². The van der Waals surface area contributed by atoms with E-state index in [1.165, 1.54) is 33.5 Å². The maximum atomic E-state index is 12.3. The molecule has 0 saturated heterocycles. The molecular formula is C20H18N2O7. The van der Waals surface area contributed by atoms with E-state index in [2.05, 4.69) is 4.99 Å². The first-order valence-corrected chi connectivity index (χ1v) is 8.46. The number of cyclic esters (lactones) is 1. The summed E-state index contributed by atoms with van der Waals surface area (Å²) in [5.74, 6) is 0.546. The molecule has 0 N–H and O–H groups in total. The van der Waals surface area contributed by atoms with E-state index in [1.807, 2.05) is 0 Å². The summed E-state index contributed by atoms with van der Waals surface area (Å²) in [6, 6.07) is 7.85. The maximum absolute atomic E-state index is 12.3. The van der Waals surface area contributed by atoms with Crippen molar-refractivity contribution in [3.63, 3.8) is 0 Å². The van der Waals surface area contributed by atoms with Gasteiger partial charge in [0.1, 0.15) is 0 Å². The third-order valence-electron chi connectivity index (χ3n) is 4.27. The minimum atomic E-state index is -0.669. The zero-order chi connectivity index (χ0) is 21.1. The van der Waals surface area contributed by atoms with Crippen LogP contribution in [-0.2, 0) is 9.53 Å². The second kappa shape index (κ2) is 8.01. The van der Waals surface area contributed by atoms with Crippen LogP contribution in [0.4, 0.5) is 5.69 Å². The van der Waals surface area contributed by atoms with Crippen molar-refractivity contribution in [1.29, 1.82) is 0 Å². The zero-order valence-electron chi connectivity index (χ0n) is 16.2. The summed E-state index contributed by atoms with van der Waals surface area (Å²) in [4.78, 5) is 27.1. The molecule has 0 atom stereocenters. The van der Waals surface area contributed by atoms with Gasteiger partial charge < -0.3 is 18.9 Å². The number of hydrogen-bond acceptors (Lipinski definition) is 8. The SMILES string of the molecule is COc1cc(C2=NC(=Cc3ccc(C)c([N+](=O)[O-])c3)C(=O)O2)cc(OC)c1OC. The molecule has 3 rings (SSSR count). The summed E-state index contributed by atoms with van der Waals surface area (Å²) in [5.41, 5.74) is 1.41. The molecule has 0 radical (unpaired) electrons. The second-order valence-corrected chi connectivity index (χ2v) is 6.05. The fourth-order valence-electron chi connectivity index (χ4n) is 2.81. The highest BCUT2D eigenvalue weighted by atomic mass is 16.6. The van der Waals surface area contributed by atoms with Crippen LogP contribution in [0.5, 0.6) is 17.2 Å². The van der Waals surface area contributed by atoms with E-state index in [9.17, 15) is 14.9 Å². The van der Waals surface area contributed by atoms with Crippen LogP contribution in [0.1, 0.15) is 16.7 Å². The number of ether oxygens (including phenoxy) is 4. The predicted octanol–water partition coefficient (Wildman–Crippen LogP) is 3.27. The van der Waals surface area contributed by atoms with Gasteiger partial charge in [-0.2, -0.15) is 0 Å². The Labute approximate surface area is 166 Å². The topological polar surface area (TPSA) is 109 Å². The molecule has 1 aliphatic heterocycles. The number of aryl methyl sites for hydroxylation is 1. The Morgan fingerprint density at radius 2 is 1.72 bits per heavy atom. The number of nitro groups is 1. The fourth-order valence-corrected chi connectivity index (χ4v) is 2.81. The maximum Gasteiger partial charge on any atom is 0.363 e. The van der Waals surface area contributed by atoms with Gasteiger partial charge in [0.2, 0.25) is 11.6 Å². The van der Waals surface area contributed by atoms with Crippen molar-refractivity contribution in [3.05, 3.63) is 62.8 Å². The Morgan fingerprint density at radius 3 is 2.28 bits per heavy atom. The molecule has 0 saturated carbocycles. The molecule has 0 bridgehead atoms. The van der Waals surface area contributed by atoms with Crippen molar-refractivity contribution < 1.29 is 28.7 Å². The number of nitro benzene ring substituents is 1. The molecule has 0 fully saturated rings. The molecule has 9 heteroatoms. The van der Waals surface area contributed by atoms with Crippen molar-refractivity contribution >= 4 is 23.6 Å². The zero-order valence-corrected chi connectivity index (χ0v) is 16.2. The molecule has 1 aliphatic rings. The Bertz CT molecular complexity index is 1030. The lowest BCUT2D eigenvalue weighted by Crippen LogP contribution is -2.07. The summed E-state index contributed by atoms with van der Waals surface area (Å²) in [6.45, 7) is 1.64. The molecule has 29 heavy (non-hydrogen) atoms. The third-order valence-corrected chi connectivity index (χ3v) is 4.27. The first-order valence-electron chi connectivity index (χ1n) is 8.46. The lowest BCUT2D eigenvalue weighted by Gasteiger charge is -2.13. The van der Waals surface area contributed by atoms with E-state index in [-0.39, 0.29) is 17.3 Å². The summed E-state index contributed by atoms with van der Waals surface area (Å²) in [6.07, 6.45) is 1.43. The Balaban J connectivity index is 2.02. The number of aliphatic imine (C=N–C) groups is 1. The minimum Gasteiger partial charge on any atom is -0.493 e. The highest BCUT2D eigenvalue weighted by molar-refractivity contribution is 6.13. The molecule has 0 aromatic heterocycles. The summed E-state index contributed by atoms with van der Waals surface area (Å²) >= 11 is 0. The van der Waals surface area contributed by atoms with E-state index >= 15 is 0 Å². The molecule has 1 heterocycles. The van der Waals surface area contributed by atoms with Gasteiger partial charge in [-0.15, -0.1) is 0 Å². The van der Waals surface area contributed by atoms with Crippen molar-refractivity contribution in [2.75, 3.05) is 21.3 Å². The number of methoxy groups -OCH3 is 3. The number of nitrogens with zero attached hydrogens (tertiary/aromatic N) is 2. The number of hydrogen-bond donors (Lipinski definition) is 0. The van der Waals surface area contributed by atoms with Gasteiger partial charge in [-0.25, -0.2) is 9.79 Å². The van der Waals surface area contributed by atoms with E-state index in [4.69, 9.17) is 18.9 Å². The van der Waals surface area contributed by atoms with Crippen LogP contribution < -0.4 is 14.2 Å². The lowest BCUT2D eigenvalue weighted by molar-refractivity contribution is -0.385. The average molecular weight is 398 g/mol.